The van der Waals surface area contributed by atoms with Gasteiger partial charge in [-0.05, 0) is 48.4 Å². The van der Waals surface area contributed by atoms with Gasteiger partial charge in [0.1, 0.15) is 0 Å². The van der Waals surface area contributed by atoms with Crippen LogP contribution in [0.25, 0.3) is 0 Å². The average Bonchev–Trinajstić information content (AvgIpc) is 2.64. The highest BCUT2D eigenvalue weighted by Crippen LogP contribution is 2.49. The van der Waals surface area contributed by atoms with Crippen molar-refractivity contribution in [2.45, 2.75) is 24.7 Å². The molecule has 0 bridgehead atoms. The van der Waals surface area contributed by atoms with E-state index in [2.05, 4.69) is 12.1 Å². The lowest BCUT2D eigenvalue weighted by Crippen LogP contribution is -2.33. The fourth-order valence-corrected chi connectivity index (χ4v) is 4.17. The van der Waals surface area contributed by atoms with Gasteiger partial charge < -0.3 is 20.7 Å². The molecule has 132 valence electrons. The van der Waals surface area contributed by atoms with Crippen LogP contribution >= 0.6 is 0 Å². The number of benzene rings is 2. The maximum atomic E-state index is 10.9. The normalized spacial score (nSPS) is 22.2. The largest absolute Gasteiger partial charge is 0.504 e. The third-order valence-corrected chi connectivity index (χ3v) is 5.24. The van der Waals surface area contributed by atoms with E-state index >= 15 is 0 Å². The van der Waals surface area contributed by atoms with E-state index in [0.29, 0.717) is 25.9 Å². The van der Waals surface area contributed by atoms with Gasteiger partial charge >= 0.3 is 0 Å². The second-order valence-electron chi connectivity index (χ2n) is 6.44. The van der Waals surface area contributed by atoms with Crippen LogP contribution in [0.2, 0.25) is 0 Å². The Hall–Kier alpha value is -2.37. The van der Waals surface area contributed by atoms with E-state index in [4.69, 9.17) is 10.5 Å². The van der Waals surface area contributed by atoms with Crippen molar-refractivity contribution in [1.29, 1.82) is 0 Å². The highest BCUT2D eigenvalue weighted by atomic mass is 16.5. The van der Waals surface area contributed by atoms with Crippen LogP contribution in [-0.4, -0.2) is 29.8 Å². The quantitative estimate of drug-likeness (QED) is 0.701. The molecule has 3 unspecified atom stereocenters. The second-order valence-corrected chi connectivity index (χ2v) is 6.44. The Morgan fingerprint density at radius 1 is 1.20 bits per heavy atom. The van der Waals surface area contributed by atoms with Crippen LogP contribution in [0.3, 0.4) is 0 Å². The minimum absolute atomic E-state index is 0.0238. The van der Waals surface area contributed by atoms with Gasteiger partial charge in [-0.15, -0.1) is 0 Å². The summed E-state index contributed by atoms with van der Waals surface area (Å²) in [6.07, 6.45) is 1.27. The van der Waals surface area contributed by atoms with Gasteiger partial charge in [-0.3, -0.25) is 4.79 Å². The standard InChI is InChI=1S/C20H23NO4/c21-11-18-14-6-7-19(24)20(25-12-23)17(14)10-16(15(18)8-9-22)13-4-2-1-3-5-13/h1-7,12,15-16,18,22,24H,8-11,21H2. The summed E-state index contributed by atoms with van der Waals surface area (Å²) in [5, 5.41) is 19.7. The molecule has 4 N–H and O–H groups in total. The maximum Gasteiger partial charge on any atom is 0.298 e. The van der Waals surface area contributed by atoms with Crippen LogP contribution in [0.15, 0.2) is 42.5 Å². The molecular formula is C20H23NO4. The van der Waals surface area contributed by atoms with Crippen molar-refractivity contribution in [3.63, 3.8) is 0 Å². The molecule has 25 heavy (non-hydrogen) atoms. The number of rotatable bonds is 6. The molecule has 3 rings (SSSR count). The smallest absolute Gasteiger partial charge is 0.298 e. The van der Waals surface area contributed by atoms with Crippen LogP contribution in [0.1, 0.15) is 34.9 Å². The molecule has 0 aliphatic heterocycles. The molecule has 0 amide bonds. The first kappa shape index (κ1) is 17.5. The highest BCUT2D eigenvalue weighted by Gasteiger charge is 2.38. The number of aliphatic hydroxyl groups is 1. The summed E-state index contributed by atoms with van der Waals surface area (Å²) in [4.78, 5) is 10.9. The van der Waals surface area contributed by atoms with Crippen molar-refractivity contribution in [3.05, 3.63) is 59.2 Å². The zero-order chi connectivity index (χ0) is 17.8. The Balaban J connectivity index is 2.14. The minimum atomic E-state index is -0.0472. The molecule has 0 saturated heterocycles. The molecule has 0 saturated carbocycles. The summed E-state index contributed by atoms with van der Waals surface area (Å²) < 4.78 is 5.09. The molecule has 0 radical (unpaired) electrons. The number of phenolic OH excluding ortho intramolecular Hbond substituents is 1. The number of carbonyl (C=O) groups excluding carboxylic acids is 1. The van der Waals surface area contributed by atoms with E-state index in [1.807, 2.05) is 24.3 Å². The SMILES string of the molecule is NCC1c2ccc(O)c(OC=O)c2CC(c2ccccc2)C1CCO. The molecule has 2 aromatic carbocycles. The first-order chi connectivity index (χ1) is 12.2. The summed E-state index contributed by atoms with van der Waals surface area (Å²) in [6, 6.07) is 13.5. The highest BCUT2D eigenvalue weighted by molar-refractivity contribution is 5.58. The van der Waals surface area contributed by atoms with E-state index in [0.717, 1.165) is 16.7 Å². The van der Waals surface area contributed by atoms with Gasteiger partial charge in [0.2, 0.25) is 0 Å². The van der Waals surface area contributed by atoms with Crippen molar-refractivity contribution < 1.29 is 19.7 Å². The van der Waals surface area contributed by atoms with Crippen LogP contribution in [0, 0.1) is 5.92 Å². The number of aromatic hydroxyl groups is 1. The fourth-order valence-electron chi connectivity index (χ4n) is 4.17. The second kappa shape index (κ2) is 7.68. The molecular weight excluding hydrogens is 318 g/mol. The molecule has 5 nitrogen and oxygen atoms in total. The number of hydrogen-bond donors (Lipinski definition) is 3. The van der Waals surface area contributed by atoms with Crippen molar-refractivity contribution in [2.24, 2.45) is 11.7 Å². The number of ether oxygens (including phenoxy) is 1. The van der Waals surface area contributed by atoms with E-state index in [-0.39, 0.29) is 35.9 Å². The summed E-state index contributed by atoms with van der Waals surface area (Å²) in [5.41, 5.74) is 9.06. The van der Waals surface area contributed by atoms with Gasteiger partial charge in [-0.2, -0.15) is 0 Å². The summed E-state index contributed by atoms with van der Waals surface area (Å²) in [7, 11) is 0. The van der Waals surface area contributed by atoms with Gasteiger partial charge in [0, 0.05) is 18.1 Å². The molecule has 1 aliphatic carbocycles. The first-order valence-corrected chi connectivity index (χ1v) is 8.52. The topological polar surface area (TPSA) is 92.8 Å². The van der Waals surface area contributed by atoms with Gasteiger partial charge in [-0.1, -0.05) is 36.4 Å². The monoisotopic (exact) mass is 341 g/mol. The summed E-state index contributed by atoms with van der Waals surface area (Å²) in [6.45, 7) is 0.853. The average molecular weight is 341 g/mol. The number of phenols is 1. The van der Waals surface area contributed by atoms with E-state index in [1.54, 1.807) is 6.07 Å². The molecule has 0 fully saturated rings. The molecule has 0 spiro atoms. The van der Waals surface area contributed by atoms with Crippen molar-refractivity contribution in [1.82, 2.24) is 0 Å². The summed E-state index contributed by atoms with van der Waals surface area (Å²) in [5.74, 6) is 0.503. The van der Waals surface area contributed by atoms with E-state index in [9.17, 15) is 15.0 Å². The van der Waals surface area contributed by atoms with Gasteiger partial charge in [0.15, 0.2) is 11.5 Å². The Kier molecular flexibility index (Phi) is 5.36. The lowest BCUT2D eigenvalue weighted by molar-refractivity contribution is -0.120. The number of carbonyl (C=O) groups is 1. The molecule has 5 heteroatoms. The number of nitrogens with two attached hydrogens (primary N) is 1. The number of aliphatic hydroxyl groups excluding tert-OH is 1. The van der Waals surface area contributed by atoms with E-state index in [1.165, 1.54) is 0 Å². The Bertz CT molecular complexity index is 732. The van der Waals surface area contributed by atoms with Crippen molar-refractivity contribution in [2.75, 3.05) is 13.2 Å². The summed E-state index contributed by atoms with van der Waals surface area (Å²) >= 11 is 0. The minimum Gasteiger partial charge on any atom is -0.504 e. The molecule has 0 heterocycles. The molecule has 2 aromatic rings. The van der Waals surface area contributed by atoms with Crippen LogP contribution in [-0.2, 0) is 11.2 Å². The van der Waals surface area contributed by atoms with Crippen molar-refractivity contribution in [3.8, 4) is 11.5 Å². The van der Waals surface area contributed by atoms with Crippen LogP contribution < -0.4 is 10.5 Å². The Morgan fingerprint density at radius 2 is 1.96 bits per heavy atom. The van der Waals surface area contributed by atoms with E-state index < -0.39 is 0 Å². The molecule has 3 atom stereocenters. The fraction of sp³-hybridized carbons (Fsp3) is 0.350. The predicted octanol–water partition coefficient (Wildman–Crippen LogP) is 2.31. The lowest BCUT2D eigenvalue weighted by atomic mass is 9.65. The first-order valence-electron chi connectivity index (χ1n) is 8.52. The van der Waals surface area contributed by atoms with Gasteiger partial charge in [0.05, 0.1) is 0 Å². The molecule has 0 aromatic heterocycles. The van der Waals surface area contributed by atoms with Crippen molar-refractivity contribution >= 4 is 6.47 Å². The van der Waals surface area contributed by atoms with Gasteiger partial charge in [-0.25, -0.2) is 0 Å². The zero-order valence-electron chi connectivity index (χ0n) is 14.0. The Labute approximate surface area is 147 Å². The maximum absolute atomic E-state index is 10.9. The lowest BCUT2D eigenvalue weighted by Gasteiger charge is -2.40. The van der Waals surface area contributed by atoms with Crippen LogP contribution in [0.4, 0.5) is 0 Å². The zero-order valence-corrected chi connectivity index (χ0v) is 14.0. The third kappa shape index (κ3) is 3.25. The number of hydrogen-bond acceptors (Lipinski definition) is 5. The number of fused-ring (bicyclic) bond motifs is 1. The van der Waals surface area contributed by atoms with Gasteiger partial charge in [0.25, 0.3) is 6.47 Å². The molecule has 1 aliphatic rings. The Morgan fingerprint density at radius 3 is 2.60 bits per heavy atom. The van der Waals surface area contributed by atoms with Crippen LogP contribution in [0.5, 0.6) is 11.5 Å². The predicted molar refractivity (Wildman–Crippen MR) is 94.7 cm³/mol. The third-order valence-electron chi connectivity index (χ3n) is 5.24.